The molecule has 1 atom stereocenters. The number of alkyl carbamates (subject to hydrolysis) is 1. The number of carbonyl (C=O) groups excluding carboxylic acids is 1. The number of nitrogens with one attached hydrogen (secondary N) is 1. The summed E-state index contributed by atoms with van der Waals surface area (Å²) in [5, 5.41) is 2.59. The van der Waals surface area contributed by atoms with Gasteiger partial charge in [-0.25, -0.2) is 13.2 Å². The molecule has 0 heterocycles. The van der Waals surface area contributed by atoms with Gasteiger partial charge in [0, 0.05) is 10.7 Å². The van der Waals surface area contributed by atoms with Gasteiger partial charge < -0.3 is 10.1 Å². The molecule has 0 bridgehead atoms. The maximum absolute atomic E-state index is 11.9. The maximum atomic E-state index is 11.9. The molecule has 0 aliphatic heterocycles. The Hall–Kier alpha value is -1.27. The van der Waals surface area contributed by atoms with Crippen molar-refractivity contribution in [3.05, 3.63) is 34.9 Å². The van der Waals surface area contributed by atoms with Crippen molar-refractivity contribution in [2.45, 2.75) is 52.7 Å². The summed E-state index contributed by atoms with van der Waals surface area (Å²) in [6.07, 6.45) is -0.307. The van der Waals surface area contributed by atoms with Crippen molar-refractivity contribution < 1.29 is 17.9 Å². The van der Waals surface area contributed by atoms with Crippen LogP contribution in [0.4, 0.5) is 4.79 Å². The second-order valence-corrected chi connectivity index (χ2v) is 9.49. The lowest BCUT2D eigenvalue weighted by atomic mass is 10.0. The Morgan fingerprint density at radius 3 is 2.35 bits per heavy atom. The van der Waals surface area contributed by atoms with Crippen molar-refractivity contribution in [1.82, 2.24) is 5.32 Å². The molecule has 1 aromatic rings. The number of halogens is 1. The fraction of sp³-hybridized carbons (Fsp3) is 0.562. The molecule has 1 aromatic carbocycles. The highest BCUT2D eigenvalue weighted by atomic mass is 35.7. The minimum Gasteiger partial charge on any atom is -0.444 e. The monoisotopic (exact) mass is 361 g/mol. The third-order valence-corrected chi connectivity index (χ3v) is 4.35. The molecule has 0 aliphatic carbocycles. The second-order valence-electron chi connectivity index (χ2n) is 6.67. The smallest absolute Gasteiger partial charge is 0.407 e. The Balaban J connectivity index is 2.87. The molecule has 0 saturated heterocycles. The second kappa shape index (κ2) is 7.53. The van der Waals surface area contributed by atoms with E-state index >= 15 is 0 Å². The number of ether oxygens (including phenoxy) is 1. The lowest BCUT2D eigenvalue weighted by Crippen LogP contribution is -2.43. The molecule has 1 unspecified atom stereocenters. The first-order valence-corrected chi connectivity index (χ1v) is 9.81. The summed E-state index contributed by atoms with van der Waals surface area (Å²) in [5.74, 6) is -0.360. The number of aryl methyl sites for hydroxylation is 2. The zero-order valence-electron chi connectivity index (χ0n) is 14.1. The maximum Gasteiger partial charge on any atom is 0.407 e. The number of amides is 1. The predicted octanol–water partition coefficient (Wildman–Crippen LogP) is 3.31. The van der Waals surface area contributed by atoms with Gasteiger partial charge in [-0.15, -0.1) is 0 Å². The summed E-state index contributed by atoms with van der Waals surface area (Å²) in [6.45, 7) is 9.20. The Kier molecular flexibility index (Phi) is 6.48. The normalized spacial score (nSPS) is 13.5. The van der Waals surface area contributed by atoms with E-state index in [0.29, 0.717) is 6.42 Å². The first kappa shape index (κ1) is 19.8. The van der Waals surface area contributed by atoms with Gasteiger partial charge in [-0.05, 0) is 57.7 Å². The highest BCUT2D eigenvalue weighted by Gasteiger charge is 2.23. The van der Waals surface area contributed by atoms with Crippen molar-refractivity contribution in [3.8, 4) is 0 Å². The van der Waals surface area contributed by atoms with Crippen LogP contribution in [-0.4, -0.2) is 31.9 Å². The van der Waals surface area contributed by atoms with E-state index in [4.69, 9.17) is 15.4 Å². The van der Waals surface area contributed by atoms with Gasteiger partial charge in [-0.2, -0.15) is 0 Å². The molecule has 5 nitrogen and oxygen atoms in total. The first-order valence-electron chi connectivity index (χ1n) is 7.34. The van der Waals surface area contributed by atoms with E-state index in [0.717, 1.165) is 16.7 Å². The van der Waals surface area contributed by atoms with Gasteiger partial charge in [-0.3, -0.25) is 0 Å². The average Bonchev–Trinajstić information content (AvgIpc) is 2.29. The van der Waals surface area contributed by atoms with Crippen LogP contribution in [0.5, 0.6) is 0 Å². The Morgan fingerprint density at radius 1 is 1.26 bits per heavy atom. The fourth-order valence-electron chi connectivity index (χ4n) is 2.08. The highest BCUT2D eigenvalue weighted by Crippen LogP contribution is 2.14. The third kappa shape index (κ3) is 8.23. The molecule has 0 radical (unpaired) electrons. The lowest BCUT2D eigenvalue weighted by molar-refractivity contribution is 0.0509. The minimum atomic E-state index is -3.75. The Morgan fingerprint density at radius 2 is 1.87 bits per heavy atom. The van der Waals surface area contributed by atoms with Crippen LogP contribution in [0.25, 0.3) is 0 Å². The summed E-state index contributed by atoms with van der Waals surface area (Å²) in [7, 11) is 1.60. The van der Waals surface area contributed by atoms with Crippen molar-refractivity contribution in [3.63, 3.8) is 0 Å². The molecule has 23 heavy (non-hydrogen) atoms. The van der Waals surface area contributed by atoms with E-state index in [1.54, 1.807) is 20.8 Å². The molecule has 1 rings (SSSR count). The van der Waals surface area contributed by atoms with Crippen LogP contribution in [0.3, 0.4) is 0 Å². The minimum absolute atomic E-state index is 0.353. The summed E-state index contributed by atoms with van der Waals surface area (Å²) < 4.78 is 28.0. The summed E-state index contributed by atoms with van der Waals surface area (Å²) >= 11 is 0. The SMILES string of the molecule is Cc1ccc(CC(CS(=O)(=O)Cl)NC(=O)OC(C)(C)C)cc1C. The molecule has 0 aliphatic rings. The summed E-state index contributed by atoms with van der Waals surface area (Å²) in [5.41, 5.74) is 2.52. The zero-order chi connectivity index (χ0) is 17.8. The van der Waals surface area contributed by atoms with E-state index < -0.39 is 26.8 Å². The molecular weight excluding hydrogens is 338 g/mol. The summed E-state index contributed by atoms with van der Waals surface area (Å²) in [6, 6.07) is 5.19. The molecule has 0 fully saturated rings. The van der Waals surface area contributed by atoms with E-state index in [1.165, 1.54) is 0 Å². The topological polar surface area (TPSA) is 72.5 Å². The Labute approximate surface area is 142 Å². The van der Waals surface area contributed by atoms with Crippen LogP contribution in [0.2, 0.25) is 0 Å². The first-order chi connectivity index (χ1) is 10.4. The van der Waals surface area contributed by atoms with Gasteiger partial charge in [0.05, 0.1) is 11.8 Å². The van der Waals surface area contributed by atoms with Crippen LogP contribution < -0.4 is 5.32 Å². The standard InChI is InChI=1S/C16H24ClNO4S/c1-11-6-7-13(8-12(11)2)9-14(10-23(17,20)21)18-15(19)22-16(3,4)5/h6-8,14H,9-10H2,1-5H3,(H,18,19). The molecule has 1 amide bonds. The summed E-state index contributed by atoms with van der Waals surface area (Å²) in [4.78, 5) is 11.9. The van der Waals surface area contributed by atoms with Crippen LogP contribution in [0.15, 0.2) is 18.2 Å². The number of rotatable bonds is 5. The van der Waals surface area contributed by atoms with Crippen LogP contribution in [0, 0.1) is 13.8 Å². The molecule has 0 spiro atoms. The average molecular weight is 362 g/mol. The highest BCUT2D eigenvalue weighted by molar-refractivity contribution is 8.13. The molecule has 0 aromatic heterocycles. The van der Waals surface area contributed by atoms with Gasteiger partial charge in [-0.1, -0.05) is 18.2 Å². The van der Waals surface area contributed by atoms with Gasteiger partial charge in [0.25, 0.3) is 0 Å². The Bertz CT molecular complexity index is 665. The van der Waals surface area contributed by atoms with Gasteiger partial charge in [0.15, 0.2) is 0 Å². The van der Waals surface area contributed by atoms with Crippen LogP contribution in [-0.2, 0) is 20.2 Å². The molecule has 7 heteroatoms. The van der Waals surface area contributed by atoms with Crippen molar-refractivity contribution >= 4 is 25.8 Å². The fourth-order valence-corrected chi connectivity index (χ4v) is 3.22. The van der Waals surface area contributed by atoms with E-state index in [9.17, 15) is 13.2 Å². The number of benzene rings is 1. The molecule has 1 N–H and O–H groups in total. The molecular formula is C16H24ClNO4S. The number of hydrogen-bond acceptors (Lipinski definition) is 4. The quantitative estimate of drug-likeness (QED) is 0.816. The van der Waals surface area contributed by atoms with E-state index in [2.05, 4.69) is 5.32 Å². The van der Waals surface area contributed by atoms with Crippen molar-refractivity contribution in [2.75, 3.05) is 5.75 Å². The van der Waals surface area contributed by atoms with Crippen molar-refractivity contribution in [1.29, 1.82) is 0 Å². The van der Waals surface area contributed by atoms with E-state index in [-0.39, 0.29) is 5.75 Å². The third-order valence-electron chi connectivity index (χ3n) is 3.17. The van der Waals surface area contributed by atoms with Crippen LogP contribution >= 0.6 is 10.7 Å². The van der Waals surface area contributed by atoms with Gasteiger partial charge in [0.1, 0.15) is 5.60 Å². The van der Waals surface area contributed by atoms with Crippen LogP contribution in [0.1, 0.15) is 37.5 Å². The number of hydrogen-bond donors (Lipinski definition) is 1. The predicted molar refractivity (Wildman–Crippen MR) is 92.4 cm³/mol. The number of carbonyl (C=O) groups is 1. The van der Waals surface area contributed by atoms with Gasteiger partial charge in [0.2, 0.25) is 9.05 Å². The largest absolute Gasteiger partial charge is 0.444 e. The lowest BCUT2D eigenvalue weighted by Gasteiger charge is -2.23. The van der Waals surface area contributed by atoms with E-state index in [1.807, 2.05) is 32.0 Å². The molecule has 130 valence electrons. The molecule has 0 saturated carbocycles. The van der Waals surface area contributed by atoms with Crippen molar-refractivity contribution in [2.24, 2.45) is 0 Å². The van der Waals surface area contributed by atoms with Gasteiger partial charge >= 0.3 is 6.09 Å². The zero-order valence-corrected chi connectivity index (χ0v) is 15.7.